The highest BCUT2D eigenvalue weighted by molar-refractivity contribution is 6.14. The van der Waals surface area contributed by atoms with Crippen LogP contribution in [0.1, 0.15) is 36.7 Å². The van der Waals surface area contributed by atoms with Crippen molar-refractivity contribution in [1.29, 1.82) is 0 Å². The number of carbonyl (C=O) groups excluding carboxylic acids is 2. The molecule has 0 saturated carbocycles. The van der Waals surface area contributed by atoms with Gasteiger partial charge in [-0.1, -0.05) is 12.1 Å². The van der Waals surface area contributed by atoms with Gasteiger partial charge in [0.15, 0.2) is 11.5 Å². The van der Waals surface area contributed by atoms with Gasteiger partial charge in [-0.05, 0) is 56.7 Å². The maximum absolute atomic E-state index is 12.5. The Morgan fingerprint density at radius 2 is 1.81 bits per heavy atom. The van der Waals surface area contributed by atoms with E-state index in [1.807, 2.05) is 24.3 Å². The van der Waals surface area contributed by atoms with Gasteiger partial charge in [-0.15, -0.1) is 0 Å². The Morgan fingerprint density at radius 1 is 1.11 bits per heavy atom. The van der Waals surface area contributed by atoms with Crippen LogP contribution in [0.4, 0.5) is 5.69 Å². The van der Waals surface area contributed by atoms with Crippen LogP contribution in [0, 0.1) is 0 Å². The van der Waals surface area contributed by atoms with Crippen LogP contribution in [0.5, 0.6) is 11.5 Å². The predicted octanol–water partition coefficient (Wildman–Crippen LogP) is 4.12. The molecule has 0 fully saturated rings. The van der Waals surface area contributed by atoms with Crippen LogP contribution in [0.15, 0.2) is 48.2 Å². The van der Waals surface area contributed by atoms with Crippen molar-refractivity contribution in [3.8, 4) is 11.5 Å². The Bertz CT molecular complexity index is 880. The van der Waals surface area contributed by atoms with E-state index in [-0.39, 0.29) is 23.9 Å². The Balaban J connectivity index is 1.77. The monoisotopic (exact) mass is 365 g/mol. The van der Waals surface area contributed by atoms with E-state index in [4.69, 9.17) is 9.47 Å². The van der Waals surface area contributed by atoms with Gasteiger partial charge in [-0.25, -0.2) is 0 Å². The Labute approximate surface area is 159 Å². The van der Waals surface area contributed by atoms with Crippen LogP contribution in [-0.4, -0.2) is 31.3 Å². The molecule has 0 aromatic heterocycles. The zero-order valence-electron chi connectivity index (χ0n) is 15.8. The number of ketones is 2. The van der Waals surface area contributed by atoms with E-state index >= 15 is 0 Å². The fourth-order valence-corrected chi connectivity index (χ4v) is 2.96. The molecule has 0 N–H and O–H groups in total. The number of rotatable bonds is 7. The summed E-state index contributed by atoms with van der Waals surface area (Å²) in [7, 11) is 0. The zero-order valence-corrected chi connectivity index (χ0v) is 15.8. The largest absolute Gasteiger partial charge is 0.486 e. The zero-order chi connectivity index (χ0) is 19.4. The highest BCUT2D eigenvalue weighted by Gasteiger charge is 2.27. The second-order valence-corrected chi connectivity index (χ2v) is 6.35. The lowest BCUT2D eigenvalue weighted by Crippen LogP contribution is -2.21. The molecule has 2 aromatic rings. The molecule has 1 aliphatic rings. The van der Waals surface area contributed by atoms with Gasteiger partial charge in [0.2, 0.25) is 5.78 Å². The van der Waals surface area contributed by atoms with Gasteiger partial charge in [0, 0.05) is 24.8 Å². The fraction of sp³-hybridized carbons (Fsp3) is 0.273. The molecule has 0 spiro atoms. The minimum atomic E-state index is -0.157. The molecule has 27 heavy (non-hydrogen) atoms. The lowest BCUT2D eigenvalue weighted by molar-refractivity contribution is -0.118. The standard InChI is InChI=1S/C22H23NO4/c1-4-23(5-2)17-8-6-16(7-9-17)12-21-22(25)19-11-10-18(13-20(19)27-21)26-14-15(3)24/h6-13H,4-5,14H2,1-3H3/b21-12-. The Morgan fingerprint density at radius 3 is 2.44 bits per heavy atom. The molecule has 3 rings (SSSR count). The molecule has 2 aromatic carbocycles. The number of benzene rings is 2. The van der Waals surface area contributed by atoms with Gasteiger partial charge in [-0.2, -0.15) is 0 Å². The molecule has 5 heteroatoms. The average molecular weight is 365 g/mol. The maximum atomic E-state index is 12.5. The number of ether oxygens (including phenoxy) is 2. The van der Waals surface area contributed by atoms with Gasteiger partial charge in [0.05, 0.1) is 5.56 Å². The van der Waals surface area contributed by atoms with Crippen LogP contribution in [0.3, 0.4) is 0 Å². The molecule has 0 atom stereocenters. The van der Waals surface area contributed by atoms with E-state index in [2.05, 4.69) is 18.7 Å². The van der Waals surface area contributed by atoms with E-state index in [0.29, 0.717) is 17.1 Å². The van der Waals surface area contributed by atoms with Gasteiger partial charge < -0.3 is 14.4 Å². The van der Waals surface area contributed by atoms with Crippen LogP contribution in [0.2, 0.25) is 0 Å². The number of hydrogen-bond acceptors (Lipinski definition) is 5. The second-order valence-electron chi connectivity index (χ2n) is 6.35. The molecule has 0 radical (unpaired) electrons. The van der Waals surface area contributed by atoms with Crippen molar-refractivity contribution in [3.63, 3.8) is 0 Å². The van der Waals surface area contributed by atoms with Crippen LogP contribution < -0.4 is 14.4 Å². The lowest BCUT2D eigenvalue weighted by atomic mass is 10.1. The molecular formula is C22H23NO4. The van der Waals surface area contributed by atoms with Gasteiger partial charge in [0.1, 0.15) is 18.1 Å². The van der Waals surface area contributed by atoms with Crippen LogP contribution >= 0.6 is 0 Å². The summed E-state index contributed by atoms with van der Waals surface area (Å²) in [6, 6.07) is 13.0. The summed E-state index contributed by atoms with van der Waals surface area (Å²) in [6.45, 7) is 7.59. The minimum Gasteiger partial charge on any atom is -0.486 e. The molecule has 0 unspecified atom stereocenters. The average Bonchev–Trinajstić information content (AvgIpc) is 2.97. The summed E-state index contributed by atoms with van der Waals surface area (Å²) in [4.78, 5) is 25.8. The van der Waals surface area contributed by atoms with Gasteiger partial charge >= 0.3 is 0 Å². The first-order valence-electron chi connectivity index (χ1n) is 9.07. The van der Waals surface area contributed by atoms with Crippen LogP contribution in [-0.2, 0) is 4.79 Å². The van der Waals surface area contributed by atoms with E-state index in [9.17, 15) is 9.59 Å². The minimum absolute atomic E-state index is 0.00564. The normalized spacial score (nSPS) is 14.0. The number of allylic oxidation sites excluding steroid dienone is 1. The van der Waals surface area contributed by atoms with Gasteiger partial charge in [-0.3, -0.25) is 9.59 Å². The number of carbonyl (C=O) groups is 2. The third kappa shape index (κ3) is 4.19. The summed E-state index contributed by atoms with van der Waals surface area (Å²) < 4.78 is 11.1. The quantitative estimate of drug-likeness (QED) is 0.691. The molecule has 0 saturated heterocycles. The van der Waals surface area contributed by atoms with Gasteiger partial charge in [0.25, 0.3) is 0 Å². The number of Topliss-reactive ketones (excluding diaryl/α,β-unsaturated/α-hetero) is 2. The third-order valence-electron chi connectivity index (χ3n) is 4.40. The second kappa shape index (κ2) is 8.08. The summed E-state index contributed by atoms with van der Waals surface area (Å²) in [5.41, 5.74) is 2.54. The first-order chi connectivity index (χ1) is 13.0. The van der Waals surface area contributed by atoms with E-state index in [1.54, 1.807) is 24.3 Å². The van der Waals surface area contributed by atoms with Crippen molar-refractivity contribution in [2.45, 2.75) is 20.8 Å². The Kier molecular flexibility index (Phi) is 5.60. The van der Waals surface area contributed by atoms with E-state index in [1.165, 1.54) is 6.92 Å². The van der Waals surface area contributed by atoms with Crippen molar-refractivity contribution < 1.29 is 19.1 Å². The Hall–Kier alpha value is -3.08. The molecule has 1 heterocycles. The highest BCUT2D eigenvalue weighted by Crippen LogP contribution is 2.35. The summed E-state index contributed by atoms with van der Waals surface area (Å²) in [5, 5.41) is 0. The topological polar surface area (TPSA) is 55.8 Å². The van der Waals surface area contributed by atoms with Crippen molar-refractivity contribution in [1.82, 2.24) is 0 Å². The summed E-state index contributed by atoms with van der Waals surface area (Å²) >= 11 is 0. The van der Waals surface area contributed by atoms with Crippen molar-refractivity contribution >= 4 is 23.3 Å². The summed E-state index contributed by atoms with van der Waals surface area (Å²) in [6.07, 6.45) is 1.74. The van der Waals surface area contributed by atoms with Crippen molar-refractivity contribution in [2.75, 3.05) is 24.6 Å². The number of hydrogen-bond donors (Lipinski definition) is 0. The molecule has 0 amide bonds. The molecule has 0 aliphatic carbocycles. The molecule has 1 aliphatic heterocycles. The van der Waals surface area contributed by atoms with Crippen molar-refractivity contribution in [3.05, 3.63) is 59.4 Å². The van der Waals surface area contributed by atoms with E-state index < -0.39 is 0 Å². The SMILES string of the molecule is CCN(CC)c1ccc(/C=C2\Oc3cc(OCC(C)=O)ccc3C2=O)cc1. The number of nitrogens with zero attached hydrogens (tertiary/aromatic N) is 1. The first-order valence-corrected chi connectivity index (χ1v) is 9.07. The van der Waals surface area contributed by atoms with E-state index in [0.717, 1.165) is 24.3 Å². The van der Waals surface area contributed by atoms with Crippen LogP contribution in [0.25, 0.3) is 6.08 Å². The summed E-state index contributed by atoms with van der Waals surface area (Å²) in [5.74, 6) is 1.01. The third-order valence-corrected chi connectivity index (χ3v) is 4.40. The smallest absolute Gasteiger partial charge is 0.231 e. The molecular weight excluding hydrogens is 342 g/mol. The fourth-order valence-electron chi connectivity index (χ4n) is 2.96. The maximum Gasteiger partial charge on any atom is 0.231 e. The number of fused-ring (bicyclic) bond motifs is 1. The molecule has 5 nitrogen and oxygen atoms in total. The predicted molar refractivity (Wildman–Crippen MR) is 106 cm³/mol. The number of anilines is 1. The molecule has 140 valence electrons. The molecule has 0 bridgehead atoms. The highest BCUT2D eigenvalue weighted by atomic mass is 16.5. The lowest BCUT2D eigenvalue weighted by Gasteiger charge is -2.20. The van der Waals surface area contributed by atoms with Crippen molar-refractivity contribution in [2.24, 2.45) is 0 Å². The first kappa shape index (κ1) is 18.7.